The van der Waals surface area contributed by atoms with E-state index in [1.807, 2.05) is 0 Å². The third kappa shape index (κ3) is 27.1. The number of ether oxygens (including phenoxy) is 6. The molecule has 3 aliphatic heterocycles. The molecule has 0 radical (unpaired) electrons. The third-order valence-electron chi connectivity index (χ3n) is 14.5. The van der Waals surface area contributed by atoms with Crippen LogP contribution in [0.25, 0.3) is 0 Å². The van der Waals surface area contributed by atoms with Crippen molar-refractivity contribution in [2.24, 2.45) is 0 Å². The van der Waals surface area contributed by atoms with Crippen molar-refractivity contribution in [3.63, 3.8) is 0 Å². The Morgan fingerprint density at radius 1 is 0.463 bits per heavy atom. The van der Waals surface area contributed by atoms with Gasteiger partial charge in [-0.1, -0.05) is 170 Å². The van der Waals surface area contributed by atoms with Crippen LogP contribution in [0.1, 0.15) is 162 Å². The van der Waals surface area contributed by atoms with Crippen molar-refractivity contribution in [2.45, 2.75) is 266 Å². The van der Waals surface area contributed by atoms with Crippen LogP contribution in [0.3, 0.4) is 0 Å². The van der Waals surface area contributed by atoms with E-state index in [-0.39, 0.29) is 18.9 Å². The van der Waals surface area contributed by atoms with Gasteiger partial charge in [-0.2, -0.15) is 0 Å². The maximum absolute atomic E-state index is 13.3. The molecule has 0 saturated carbocycles. The van der Waals surface area contributed by atoms with Gasteiger partial charge in [-0.3, -0.25) is 4.79 Å². The number of aliphatic hydroxyl groups excluding tert-OH is 11. The Balaban J connectivity index is 1.42. The molecule has 12 N–H and O–H groups in total. The monoisotopic (exact) mass is 1140 g/mol. The first kappa shape index (κ1) is 71.2. The van der Waals surface area contributed by atoms with Crippen molar-refractivity contribution in [1.82, 2.24) is 5.32 Å². The molecule has 17 atom stereocenters. The predicted octanol–water partition coefficient (Wildman–Crippen LogP) is 5.20. The van der Waals surface area contributed by atoms with Gasteiger partial charge in [-0.25, -0.2) is 0 Å². The van der Waals surface area contributed by atoms with Crippen LogP contribution in [0.15, 0.2) is 85.1 Å². The lowest BCUT2D eigenvalue weighted by atomic mass is 9.96. The summed E-state index contributed by atoms with van der Waals surface area (Å²) in [5.41, 5.74) is 0. The second kappa shape index (κ2) is 43.6. The summed E-state index contributed by atoms with van der Waals surface area (Å²) >= 11 is 0. The van der Waals surface area contributed by atoms with Gasteiger partial charge in [0, 0.05) is 6.42 Å². The van der Waals surface area contributed by atoms with Gasteiger partial charge in [0.2, 0.25) is 5.91 Å². The standard InChI is InChI=1S/C61H103NO18/c1-3-5-7-9-11-13-14-15-16-17-18-19-20-21-22-23-24-25-26-27-28-29-30-31-33-35-37-39-49(67)62-44(45(66)38-36-34-32-12-10-8-6-4-2)43-75-59-55(73)52(70)57(47(41-64)77-59)80-61-56(74)53(71)58(48(42-65)78-61)79-60-54(72)51(69)50(68)46(40-63)76-60/h5,7,11,13,15-16,18-19,21-22,24-25,27-28,44-48,50-61,63-66,68-74H,3-4,6,8-10,12,14,17,20,23,26,29-43H2,1-2H3,(H,62,67)/b7-5-,13-11-,16-15-,19-18-,22-21-,25-24-,28-27-. The van der Waals surface area contributed by atoms with Gasteiger partial charge < -0.3 is 89.9 Å². The summed E-state index contributed by atoms with van der Waals surface area (Å²) in [4.78, 5) is 13.3. The number of unbranched alkanes of at least 4 members (excludes halogenated alkanes) is 12. The zero-order valence-electron chi connectivity index (χ0n) is 47.8. The zero-order valence-corrected chi connectivity index (χ0v) is 47.8. The molecule has 17 unspecified atom stereocenters. The fourth-order valence-electron chi connectivity index (χ4n) is 9.58. The molecule has 0 aromatic carbocycles. The van der Waals surface area contributed by atoms with Crippen LogP contribution in [0.5, 0.6) is 0 Å². The number of allylic oxidation sites excluding steroid dienone is 14. The number of hydrogen-bond acceptors (Lipinski definition) is 18. The molecule has 3 fully saturated rings. The minimum Gasteiger partial charge on any atom is -0.394 e. The van der Waals surface area contributed by atoms with Crippen molar-refractivity contribution in [1.29, 1.82) is 0 Å². The van der Waals surface area contributed by atoms with E-state index in [1.54, 1.807) is 0 Å². The van der Waals surface area contributed by atoms with Gasteiger partial charge in [-0.05, 0) is 70.6 Å². The first-order valence-corrected chi connectivity index (χ1v) is 29.8. The summed E-state index contributed by atoms with van der Waals surface area (Å²) in [5.74, 6) is -0.270. The Kier molecular flexibility index (Phi) is 38.8. The molecule has 0 spiro atoms. The first-order valence-electron chi connectivity index (χ1n) is 29.8. The molecule has 3 rings (SSSR count). The van der Waals surface area contributed by atoms with Crippen molar-refractivity contribution in [3.8, 4) is 0 Å². The minimum absolute atomic E-state index is 0.237. The lowest BCUT2D eigenvalue weighted by Crippen LogP contribution is -2.66. The summed E-state index contributed by atoms with van der Waals surface area (Å²) in [6.45, 7) is 1.58. The first-order chi connectivity index (χ1) is 38.8. The van der Waals surface area contributed by atoms with Gasteiger partial charge in [0.15, 0.2) is 18.9 Å². The van der Waals surface area contributed by atoms with Crippen LogP contribution in [0.4, 0.5) is 0 Å². The summed E-state index contributed by atoms with van der Waals surface area (Å²) in [6, 6.07) is -0.901. The van der Waals surface area contributed by atoms with E-state index in [9.17, 15) is 61.0 Å². The minimum atomic E-state index is -1.98. The van der Waals surface area contributed by atoms with Crippen LogP contribution in [-0.2, 0) is 33.2 Å². The van der Waals surface area contributed by atoms with E-state index in [1.165, 1.54) is 12.8 Å². The lowest BCUT2D eigenvalue weighted by Gasteiger charge is -2.48. The smallest absolute Gasteiger partial charge is 0.220 e. The van der Waals surface area contributed by atoms with Crippen LogP contribution in [0, 0.1) is 0 Å². The highest BCUT2D eigenvalue weighted by molar-refractivity contribution is 5.76. The fraction of sp³-hybridized carbons (Fsp3) is 0.754. The zero-order chi connectivity index (χ0) is 58.3. The van der Waals surface area contributed by atoms with Crippen molar-refractivity contribution in [2.75, 3.05) is 26.4 Å². The SMILES string of the molecule is CC/C=C\C/C=C\C/C=C\C/C=C\C/C=C\C/C=C\C/C=C\CCCCCCCC(=O)NC(COC1OC(CO)C(OC2OC(CO)C(OC3OC(CO)C(O)C(O)C3O)C(O)C2O)C(O)C1O)C(O)CCCCCCCCCC. The summed E-state index contributed by atoms with van der Waals surface area (Å²) in [7, 11) is 0. The molecule has 1 amide bonds. The van der Waals surface area contributed by atoms with E-state index < -0.39 is 124 Å². The maximum atomic E-state index is 13.3. The third-order valence-corrected chi connectivity index (χ3v) is 14.5. The van der Waals surface area contributed by atoms with Crippen LogP contribution in [-0.4, -0.2) is 193 Å². The summed E-state index contributed by atoms with van der Waals surface area (Å²) in [5, 5.41) is 120. The Bertz CT molecular complexity index is 1790. The normalized spacial score (nSPS) is 30.6. The quantitative estimate of drug-likeness (QED) is 0.0276. The molecule has 0 aromatic heterocycles. The van der Waals surface area contributed by atoms with E-state index in [2.05, 4.69) is 104 Å². The molecule has 3 saturated heterocycles. The molecule has 460 valence electrons. The molecule has 0 aliphatic carbocycles. The number of amides is 1. The molecule has 0 bridgehead atoms. The molecule has 19 nitrogen and oxygen atoms in total. The predicted molar refractivity (Wildman–Crippen MR) is 304 cm³/mol. The van der Waals surface area contributed by atoms with Crippen molar-refractivity contribution in [3.05, 3.63) is 85.1 Å². The number of carbonyl (C=O) groups excluding carboxylic acids is 1. The number of aliphatic hydroxyl groups is 11. The number of nitrogens with one attached hydrogen (secondary N) is 1. The van der Waals surface area contributed by atoms with Gasteiger partial charge in [-0.15, -0.1) is 0 Å². The fourth-order valence-corrected chi connectivity index (χ4v) is 9.58. The average Bonchev–Trinajstić information content (AvgIpc) is 3.55. The Morgan fingerprint density at radius 3 is 1.35 bits per heavy atom. The summed E-state index contributed by atoms with van der Waals surface area (Å²) in [6.07, 6.45) is 25.6. The van der Waals surface area contributed by atoms with Crippen molar-refractivity contribution < 1.29 is 89.4 Å². The molecule has 0 aromatic rings. The highest BCUT2D eigenvalue weighted by atomic mass is 16.8. The van der Waals surface area contributed by atoms with Gasteiger partial charge >= 0.3 is 0 Å². The Morgan fingerprint density at radius 2 is 0.863 bits per heavy atom. The second-order valence-corrected chi connectivity index (χ2v) is 21.1. The maximum Gasteiger partial charge on any atom is 0.220 e. The lowest BCUT2D eigenvalue weighted by molar-refractivity contribution is -0.379. The molecule has 19 heteroatoms. The molecule has 3 aliphatic rings. The van der Waals surface area contributed by atoms with Gasteiger partial charge in [0.25, 0.3) is 0 Å². The van der Waals surface area contributed by atoms with Gasteiger partial charge in [0.1, 0.15) is 73.2 Å². The van der Waals surface area contributed by atoms with Crippen LogP contribution < -0.4 is 5.32 Å². The molecular formula is C61H103NO18. The number of hydrogen-bond donors (Lipinski definition) is 12. The van der Waals surface area contributed by atoms with E-state index in [4.69, 9.17) is 28.4 Å². The van der Waals surface area contributed by atoms with E-state index in [0.717, 1.165) is 109 Å². The number of carbonyl (C=O) groups is 1. The van der Waals surface area contributed by atoms with Crippen molar-refractivity contribution >= 4 is 5.91 Å². The Labute approximate surface area is 476 Å². The number of rotatable bonds is 42. The largest absolute Gasteiger partial charge is 0.394 e. The second-order valence-electron chi connectivity index (χ2n) is 21.1. The Hall–Kier alpha value is -3.03. The summed E-state index contributed by atoms with van der Waals surface area (Å²) < 4.78 is 34.2. The van der Waals surface area contributed by atoms with Gasteiger partial charge in [0.05, 0.1) is 38.6 Å². The molecule has 80 heavy (non-hydrogen) atoms. The highest BCUT2D eigenvalue weighted by Crippen LogP contribution is 2.33. The molecule has 3 heterocycles. The highest BCUT2D eigenvalue weighted by Gasteiger charge is 2.53. The topological polar surface area (TPSA) is 307 Å². The van der Waals surface area contributed by atoms with E-state index >= 15 is 0 Å². The average molecular weight is 1140 g/mol. The molecular weight excluding hydrogens is 1030 g/mol. The van der Waals surface area contributed by atoms with Crippen LogP contribution in [0.2, 0.25) is 0 Å². The van der Waals surface area contributed by atoms with Crippen LogP contribution >= 0.6 is 0 Å². The van der Waals surface area contributed by atoms with E-state index in [0.29, 0.717) is 19.3 Å².